The van der Waals surface area contributed by atoms with Gasteiger partial charge < -0.3 is 5.73 Å². The number of nitrogen functional groups attached to an aromatic ring is 1. The topological polar surface area (TPSA) is 69.6 Å². The van der Waals surface area contributed by atoms with E-state index in [9.17, 15) is 0 Å². The third-order valence-corrected chi connectivity index (χ3v) is 2.56. The molecule has 0 aliphatic heterocycles. The number of rotatable bonds is 2. The monoisotopic (exact) mass is 237 g/mol. The average Bonchev–Trinajstić information content (AvgIpc) is 2.87. The summed E-state index contributed by atoms with van der Waals surface area (Å²) >= 11 is 0. The van der Waals surface area contributed by atoms with Crippen molar-refractivity contribution in [3.8, 4) is 17.1 Å². The SMILES string of the molecule is Nc1ccn(-c2ccc(-c3ccccc3)nn2)n1. The van der Waals surface area contributed by atoms with Crippen LogP contribution < -0.4 is 5.73 Å². The third-order valence-electron chi connectivity index (χ3n) is 2.56. The lowest BCUT2D eigenvalue weighted by atomic mass is 10.1. The van der Waals surface area contributed by atoms with Crippen LogP contribution in [0.5, 0.6) is 0 Å². The molecular formula is C13H11N5. The number of nitrogens with zero attached hydrogens (tertiary/aromatic N) is 4. The van der Waals surface area contributed by atoms with Crippen molar-refractivity contribution in [2.24, 2.45) is 0 Å². The molecule has 0 fully saturated rings. The molecule has 88 valence electrons. The molecule has 2 heterocycles. The number of hydrogen-bond donors (Lipinski definition) is 1. The van der Waals surface area contributed by atoms with E-state index in [2.05, 4.69) is 15.3 Å². The van der Waals surface area contributed by atoms with Crippen LogP contribution in [0.25, 0.3) is 17.1 Å². The molecule has 3 aromatic rings. The average molecular weight is 237 g/mol. The summed E-state index contributed by atoms with van der Waals surface area (Å²) in [6.07, 6.45) is 1.75. The van der Waals surface area contributed by atoms with Gasteiger partial charge in [-0.25, -0.2) is 4.68 Å². The van der Waals surface area contributed by atoms with Crippen LogP contribution in [0.1, 0.15) is 0 Å². The predicted molar refractivity (Wildman–Crippen MR) is 69.0 cm³/mol. The first-order chi connectivity index (χ1) is 8.83. The maximum atomic E-state index is 5.56. The Kier molecular flexibility index (Phi) is 2.49. The van der Waals surface area contributed by atoms with Gasteiger partial charge in [-0.2, -0.15) is 0 Å². The molecule has 0 bridgehead atoms. The quantitative estimate of drug-likeness (QED) is 0.739. The zero-order valence-corrected chi connectivity index (χ0v) is 9.56. The fourth-order valence-corrected chi connectivity index (χ4v) is 1.68. The Balaban J connectivity index is 1.94. The van der Waals surface area contributed by atoms with Crippen LogP contribution in [0.15, 0.2) is 54.7 Å². The summed E-state index contributed by atoms with van der Waals surface area (Å²) in [5, 5.41) is 12.4. The fourth-order valence-electron chi connectivity index (χ4n) is 1.68. The molecule has 18 heavy (non-hydrogen) atoms. The first-order valence-corrected chi connectivity index (χ1v) is 5.53. The number of aromatic nitrogens is 4. The Labute approximate surface area is 104 Å². The van der Waals surface area contributed by atoms with Crippen LogP contribution >= 0.6 is 0 Å². The summed E-state index contributed by atoms with van der Waals surface area (Å²) in [4.78, 5) is 0. The Bertz CT molecular complexity index is 643. The van der Waals surface area contributed by atoms with E-state index >= 15 is 0 Å². The summed E-state index contributed by atoms with van der Waals surface area (Å²) in [5.41, 5.74) is 7.43. The van der Waals surface area contributed by atoms with Crippen molar-refractivity contribution in [2.75, 3.05) is 5.73 Å². The minimum Gasteiger partial charge on any atom is -0.382 e. The number of nitrogens with two attached hydrogens (primary N) is 1. The molecule has 2 N–H and O–H groups in total. The zero-order valence-electron chi connectivity index (χ0n) is 9.56. The number of hydrogen-bond acceptors (Lipinski definition) is 4. The summed E-state index contributed by atoms with van der Waals surface area (Å²) in [6.45, 7) is 0. The second-order valence-electron chi connectivity index (χ2n) is 3.83. The maximum absolute atomic E-state index is 5.56. The van der Waals surface area contributed by atoms with Gasteiger partial charge in [0.2, 0.25) is 0 Å². The van der Waals surface area contributed by atoms with Gasteiger partial charge in [0.15, 0.2) is 5.82 Å². The minimum absolute atomic E-state index is 0.462. The van der Waals surface area contributed by atoms with Crippen molar-refractivity contribution in [1.82, 2.24) is 20.0 Å². The minimum atomic E-state index is 0.462. The standard InChI is InChI=1S/C13H11N5/c14-12-8-9-18(17-12)13-7-6-11(15-16-13)10-4-2-1-3-5-10/h1-9H,(H2,14,17). The van der Waals surface area contributed by atoms with Gasteiger partial charge in [0, 0.05) is 17.8 Å². The van der Waals surface area contributed by atoms with Gasteiger partial charge in [-0.15, -0.1) is 15.3 Å². The first kappa shape index (κ1) is 10.5. The van der Waals surface area contributed by atoms with Gasteiger partial charge in [0.05, 0.1) is 5.69 Å². The number of benzene rings is 1. The lowest BCUT2D eigenvalue weighted by Gasteiger charge is -2.02. The summed E-state index contributed by atoms with van der Waals surface area (Å²) in [7, 11) is 0. The third kappa shape index (κ3) is 1.93. The van der Waals surface area contributed by atoms with Gasteiger partial charge in [-0.3, -0.25) is 0 Å². The van der Waals surface area contributed by atoms with Gasteiger partial charge in [0.1, 0.15) is 5.82 Å². The van der Waals surface area contributed by atoms with Crippen molar-refractivity contribution >= 4 is 5.82 Å². The van der Waals surface area contributed by atoms with E-state index in [0.29, 0.717) is 11.6 Å². The van der Waals surface area contributed by atoms with E-state index in [-0.39, 0.29) is 0 Å². The smallest absolute Gasteiger partial charge is 0.175 e. The van der Waals surface area contributed by atoms with Crippen LogP contribution in [0.2, 0.25) is 0 Å². The van der Waals surface area contributed by atoms with E-state index in [4.69, 9.17) is 5.73 Å². The molecule has 1 aromatic carbocycles. The van der Waals surface area contributed by atoms with Crippen molar-refractivity contribution in [3.05, 3.63) is 54.7 Å². The number of anilines is 1. The largest absolute Gasteiger partial charge is 0.382 e. The maximum Gasteiger partial charge on any atom is 0.175 e. The highest BCUT2D eigenvalue weighted by Crippen LogP contribution is 2.16. The van der Waals surface area contributed by atoms with Crippen LogP contribution in [0, 0.1) is 0 Å². The Morgan fingerprint density at radius 2 is 1.72 bits per heavy atom. The predicted octanol–water partition coefficient (Wildman–Crippen LogP) is 1.91. The second kappa shape index (κ2) is 4.29. The van der Waals surface area contributed by atoms with Gasteiger partial charge in [-0.1, -0.05) is 30.3 Å². The fraction of sp³-hybridized carbons (Fsp3) is 0. The summed E-state index contributed by atoms with van der Waals surface area (Å²) < 4.78 is 1.59. The highest BCUT2D eigenvalue weighted by Gasteiger charge is 2.03. The molecule has 0 saturated carbocycles. The van der Waals surface area contributed by atoms with E-state index in [1.54, 1.807) is 16.9 Å². The van der Waals surface area contributed by atoms with E-state index < -0.39 is 0 Å². The van der Waals surface area contributed by atoms with Crippen molar-refractivity contribution < 1.29 is 0 Å². The Hall–Kier alpha value is -2.69. The lowest BCUT2D eigenvalue weighted by molar-refractivity contribution is 0.820. The molecule has 0 spiro atoms. The van der Waals surface area contributed by atoms with Gasteiger partial charge in [-0.05, 0) is 12.1 Å². The van der Waals surface area contributed by atoms with Gasteiger partial charge >= 0.3 is 0 Å². The van der Waals surface area contributed by atoms with Crippen molar-refractivity contribution in [1.29, 1.82) is 0 Å². The lowest BCUT2D eigenvalue weighted by Crippen LogP contribution is -2.01. The van der Waals surface area contributed by atoms with E-state index in [1.165, 1.54) is 0 Å². The van der Waals surface area contributed by atoms with E-state index in [1.807, 2.05) is 42.5 Å². The molecule has 0 aliphatic carbocycles. The van der Waals surface area contributed by atoms with Crippen LogP contribution in [0.3, 0.4) is 0 Å². The molecule has 0 atom stereocenters. The van der Waals surface area contributed by atoms with E-state index in [0.717, 1.165) is 11.3 Å². The molecule has 0 aliphatic rings. The highest BCUT2D eigenvalue weighted by atomic mass is 15.3. The Morgan fingerprint density at radius 1 is 0.889 bits per heavy atom. The molecule has 2 aromatic heterocycles. The molecule has 5 heteroatoms. The molecule has 5 nitrogen and oxygen atoms in total. The van der Waals surface area contributed by atoms with Crippen LogP contribution in [0.4, 0.5) is 5.82 Å². The molecule has 0 radical (unpaired) electrons. The summed E-state index contributed by atoms with van der Waals surface area (Å²) in [5.74, 6) is 1.11. The van der Waals surface area contributed by atoms with Crippen LogP contribution in [-0.2, 0) is 0 Å². The van der Waals surface area contributed by atoms with Gasteiger partial charge in [0.25, 0.3) is 0 Å². The highest BCUT2D eigenvalue weighted by molar-refractivity contribution is 5.58. The van der Waals surface area contributed by atoms with Crippen molar-refractivity contribution in [2.45, 2.75) is 0 Å². The molecule has 0 unspecified atom stereocenters. The second-order valence-corrected chi connectivity index (χ2v) is 3.83. The molecule has 0 amide bonds. The molecule has 0 saturated heterocycles. The molecule has 3 rings (SSSR count). The van der Waals surface area contributed by atoms with Crippen molar-refractivity contribution in [3.63, 3.8) is 0 Å². The normalized spacial score (nSPS) is 10.4. The molecular weight excluding hydrogens is 226 g/mol. The zero-order chi connectivity index (χ0) is 12.4. The first-order valence-electron chi connectivity index (χ1n) is 5.53. The summed E-state index contributed by atoms with van der Waals surface area (Å²) in [6, 6.07) is 15.4. The van der Waals surface area contributed by atoms with Crippen LogP contribution in [-0.4, -0.2) is 20.0 Å². The Morgan fingerprint density at radius 3 is 2.33 bits per heavy atom.